The third-order valence-electron chi connectivity index (χ3n) is 4.48. The minimum absolute atomic E-state index is 0.173. The molecule has 0 atom stereocenters. The molecule has 1 N–H and O–H groups in total. The van der Waals surface area contributed by atoms with Gasteiger partial charge in [-0.15, -0.1) is 10.2 Å². The van der Waals surface area contributed by atoms with Crippen molar-refractivity contribution in [2.24, 2.45) is 0 Å². The van der Waals surface area contributed by atoms with Crippen LogP contribution in [0.5, 0.6) is 0 Å². The van der Waals surface area contributed by atoms with Crippen molar-refractivity contribution in [1.29, 1.82) is 0 Å². The van der Waals surface area contributed by atoms with E-state index in [4.69, 9.17) is 4.74 Å². The van der Waals surface area contributed by atoms with Crippen LogP contribution in [0.2, 0.25) is 0 Å². The highest BCUT2D eigenvalue weighted by atomic mass is 32.2. The molecule has 0 unspecified atom stereocenters. The smallest absolute Gasteiger partial charge is 0.338 e. The van der Waals surface area contributed by atoms with E-state index in [1.54, 1.807) is 38.1 Å². The molecule has 0 saturated carbocycles. The highest BCUT2D eigenvalue weighted by Gasteiger charge is 2.16. The van der Waals surface area contributed by atoms with Crippen molar-refractivity contribution < 1.29 is 14.3 Å². The Labute approximate surface area is 186 Å². The fourth-order valence-corrected chi connectivity index (χ4v) is 3.84. The lowest BCUT2D eigenvalue weighted by atomic mass is 10.1. The zero-order chi connectivity index (χ0) is 22.4. The SMILES string of the molecule is CCn1c(SCC(=O)Nc2cccc(C(=O)OC(C)C)c2)nnc1-c1ccccc1C. The van der Waals surface area contributed by atoms with Crippen LogP contribution in [-0.2, 0) is 16.1 Å². The minimum Gasteiger partial charge on any atom is -0.459 e. The second-order valence-electron chi connectivity index (χ2n) is 7.24. The zero-order valence-electron chi connectivity index (χ0n) is 18.1. The van der Waals surface area contributed by atoms with Crippen molar-refractivity contribution in [1.82, 2.24) is 14.8 Å². The number of esters is 1. The van der Waals surface area contributed by atoms with Gasteiger partial charge in [0.15, 0.2) is 11.0 Å². The molecule has 7 nitrogen and oxygen atoms in total. The quantitative estimate of drug-likeness (QED) is 0.410. The predicted octanol–water partition coefficient (Wildman–Crippen LogP) is 4.57. The standard InChI is InChI=1S/C23H26N4O3S/c1-5-27-21(19-12-7-6-9-16(19)4)25-26-23(27)31-14-20(28)24-18-11-8-10-17(13-18)22(29)30-15(2)3/h6-13,15H,5,14H2,1-4H3,(H,24,28). The zero-order valence-corrected chi connectivity index (χ0v) is 18.9. The molecule has 2 aromatic carbocycles. The summed E-state index contributed by atoms with van der Waals surface area (Å²) in [5.41, 5.74) is 3.09. The van der Waals surface area contributed by atoms with Gasteiger partial charge in [-0.25, -0.2) is 4.79 Å². The average Bonchev–Trinajstić information content (AvgIpc) is 3.15. The van der Waals surface area contributed by atoms with E-state index >= 15 is 0 Å². The first kappa shape index (κ1) is 22.6. The van der Waals surface area contributed by atoms with E-state index in [0.717, 1.165) is 17.0 Å². The van der Waals surface area contributed by atoms with Crippen LogP contribution in [0.4, 0.5) is 5.69 Å². The molecule has 0 aliphatic heterocycles. The molecule has 1 aromatic heterocycles. The molecular formula is C23H26N4O3S. The Morgan fingerprint density at radius 1 is 1.13 bits per heavy atom. The molecule has 0 aliphatic rings. The van der Waals surface area contributed by atoms with Gasteiger partial charge in [0.25, 0.3) is 0 Å². The van der Waals surface area contributed by atoms with Crippen LogP contribution in [0.3, 0.4) is 0 Å². The number of amides is 1. The van der Waals surface area contributed by atoms with Crippen molar-refractivity contribution in [2.45, 2.75) is 45.5 Å². The number of rotatable bonds is 8. The van der Waals surface area contributed by atoms with Crippen LogP contribution in [-0.4, -0.2) is 38.5 Å². The van der Waals surface area contributed by atoms with Gasteiger partial charge in [0.1, 0.15) is 0 Å². The van der Waals surface area contributed by atoms with E-state index in [2.05, 4.69) is 15.5 Å². The molecule has 0 fully saturated rings. The topological polar surface area (TPSA) is 86.1 Å². The maximum Gasteiger partial charge on any atom is 0.338 e. The van der Waals surface area contributed by atoms with Crippen LogP contribution in [0.1, 0.15) is 36.7 Å². The van der Waals surface area contributed by atoms with Gasteiger partial charge in [0.2, 0.25) is 5.91 Å². The van der Waals surface area contributed by atoms with Crippen LogP contribution in [0.25, 0.3) is 11.4 Å². The number of aromatic nitrogens is 3. The van der Waals surface area contributed by atoms with Crippen molar-refractivity contribution in [3.05, 3.63) is 59.7 Å². The van der Waals surface area contributed by atoms with Crippen molar-refractivity contribution in [3.8, 4) is 11.4 Å². The summed E-state index contributed by atoms with van der Waals surface area (Å²) in [6.07, 6.45) is -0.206. The summed E-state index contributed by atoms with van der Waals surface area (Å²) in [4.78, 5) is 24.5. The molecule has 0 saturated heterocycles. The third kappa shape index (κ3) is 5.73. The van der Waals surface area contributed by atoms with Crippen molar-refractivity contribution in [3.63, 3.8) is 0 Å². The Morgan fingerprint density at radius 2 is 1.90 bits per heavy atom. The number of aryl methyl sites for hydroxylation is 1. The number of thioether (sulfide) groups is 1. The molecule has 0 aliphatic carbocycles. The van der Waals surface area contributed by atoms with E-state index in [1.807, 2.05) is 42.7 Å². The molecule has 3 aromatic rings. The number of hydrogen-bond donors (Lipinski definition) is 1. The Bertz CT molecular complexity index is 1080. The average molecular weight is 439 g/mol. The first-order chi connectivity index (χ1) is 14.9. The van der Waals surface area contributed by atoms with Crippen molar-refractivity contribution in [2.75, 3.05) is 11.1 Å². The Kier molecular flexibility index (Phi) is 7.46. The molecule has 31 heavy (non-hydrogen) atoms. The largest absolute Gasteiger partial charge is 0.459 e. The Hall–Kier alpha value is -3.13. The number of anilines is 1. The minimum atomic E-state index is -0.416. The van der Waals surface area contributed by atoms with Gasteiger partial charge >= 0.3 is 5.97 Å². The molecule has 1 heterocycles. The first-order valence-corrected chi connectivity index (χ1v) is 11.1. The number of ether oxygens (including phenoxy) is 1. The van der Waals surface area contributed by atoms with Gasteiger partial charge in [-0.1, -0.05) is 42.1 Å². The maximum absolute atomic E-state index is 12.5. The summed E-state index contributed by atoms with van der Waals surface area (Å²) < 4.78 is 7.20. The first-order valence-electron chi connectivity index (χ1n) is 10.1. The molecule has 3 rings (SSSR count). The number of hydrogen-bond acceptors (Lipinski definition) is 6. The lowest BCUT2D eigenvalue weighted by Crippen LogP contribution is -2.16. The second kappa shape index (κ2) is 10.3. The Balaban J connectivity index is 1.66. The summed E-state index contributed by atoms with van der Waals surface area (Å²) in [6.45, 7) is 8.34. The lowest BCUT2D eigenvalue weighted by molar-refractivity contribution is -0.113. The summed E-state index contributed by atoms with van der Waals surface area (Å²) in [6, 6.07) is 14.7. The second-order valence-corrected chi connectivity index (χ2v) is 8.18. The van der Waals surface area contributed by atoms with Crippen LogP contribution in [0.15, 0.2) is 53.7 Å². The highest BCUT2D eigenvalue weighted by molar-refractivity contribution is 7.99. The third-order valence-corrected chi connectivity index (χ3v) is 5.44. The summed E-state index contributed by atoms with van der Waals surface area (Å²) in [5.74, 6) is 0.356. The molecule has 0 radical (unpaired) electrons. The summed E-state index contributed by atoms with van der Waals surface area (Å²) in [7, 11) is 0. The summed E-state index contributed by atoms with van der Waals surface area (Å²) in [5, 5.41) is 12.1. The fourth-order valence-electron chi connectivity index (χ4n) is 3.04. The number of nitrogens with one attached hydrogen (secondary N) is 1. The van der Waals surface area contributed by atoms with E-state index < -0.39 is 5.97 Å². The lowest BCUT2D eigenvalue weighted by Gasteiger charge is -2.10. The van der Waals surface area contributed by atoms with Gasteiger partial charge in [-0.05, 0) is 51.5 Å². The summed E-state index contributed by atoms with van der Waals surface area (Å²) >= 11 is 1.32. The van der Waals surface area contributed by atoms with E-state index in [9.17, 15) is 9.59 Å². The Morgan fingerprint density at radius 3 is 2.61 bits per heavy atom. The molecule has 0 spiro atoms. The normalized spacial score (nSPS) is 10.9. The van der Waals surface area contributed by atoms with Crippen LogP contribution < -0.4 is 5.32 Å². The maximum atomic E-state index is 12.5. The number of benzene rings is 2. The van der Waals surface area contributed by atoms with Gasteiger partial charge in [-0.3, -0.25) is 4.79 Å². The van der Waals surface area contributed by atoms with Gasteiger partial charge in [0, 0.05) is 17.8 Å². The molecule has 0 bridgehead atoms. The molecule has 162 valence electrons. The number of carbonyl (C=O) groups excluding carboxylic acids is 2. The van der Waals surface area contributed by atoms with Gasteiger partial charge in [-0.2, -0.15) is 0 Å². The molecule has 1 amide bonds. The van der Waals surface area contributed by atoms with Crippen LogP contribution >= 0.6 is 11.8 Å². The van der Waals surface area contributed by atoms with Crippen molar-refractivity contribution >= 4 is 29.3 Å². The highest BCUT2D eigenvalue weighted by Crippen LogP contribution is 2.26. The van der Waals surface area contributed by atoms with Crippen LogP contribution in [0, 0.1) is 6.92 Å². The van der Waals surface area contributed by atoms with Gasteiger partial charge in [0.05, 0.1) is 17.4 Å². The fraction of sp³-hybridized carbons (Fsp3) is 0.304. The predicted molar refractivity (Wildman–Crippen MR) is 122 cm³/mol. The van der Waals surface area contributed by atoms with E-state index in [-0.39, 0.29) is 17.8 Å². The monoisotopic (exact) mass is 438 g/mol. The number of carbonyl (C=O) groups is 2. The number of nitrogens with zero attached hydrogens (tertiary/aromatic N) is 3. The molecule has 8 heteroatoms. The van der Waals surface area contributed by atoms with E-state index in [1.165, 1.54) is 11.8 Å². The van der Waals surface area contributed by atoms with Gasteiger partial charge < -0.3 is 14.6 Å². The molecular weight excluding hydrogens is 412 g/mol. The van der Waals surface area contributed by atoms with E-state index in [0.29, 0.717) is 23.0 Å².